The highest BCUT2D eigenvalue weighted by Gasteiger charge is 2.44. The molecule has 1 amide bonds. The average molecular weight is 588 g/mol. The molecule has 1 rings (SSSR count). The number of amides is 1. The minimum atomic E-state index is -1.56. The summed E-state index contributed by atoms with van der Waals surface area (Å²) in [5.74, 6) is -0.186. The molecule has 0 aromatic carbocycles. The predicted molar refractivity (Wildman–Crippen MR) is 161 cm³/mol. The van der Waals surface area contributed by atoms with Gasteiger partial charge in [-0.3, -0.25) is 4.79 Å². The topological polar surface area (TPSA) is 149 Å². The molecular formula is C32H61NO8. The smallest absolute Gasteiger partial charge is 0.220 e. The SMILES string of the molecule is CCCCC/C=C/C(O)C(COC1OC(CO)C(O)C(O)C1O)NC(=O)CCCCCCCCCCCCCCC. The number of hydrogen-bond acceptors (Lipinski definition) is 8. The maximum absolute atomic E-state index is 12.7. The second-order valence-corrected chi connectivity index (χ2v) is 11.6. The molecule has 0 bridgehead atoms. The van der Waals surface area contributed by atoms with Crippen molar-refractivity contribution in [3.05, 3.63) is 12.2 Å². The summed E-state index contributed by atoms with van der Waals surface area (Å²) in [5.41, 5.74) is 0. The fraction of sp³-hybridized carbons (Fsp3) is 0.906. The molecule has 0 saturated carbocycles. The first-order valence-corrected chi connectivity index (χ1v) is 16.4. The first-order chi connectivity index (χ1) is 19.8. The summed E-state index contributed by atoms with van der Waals surface area (Å²) in [6.07, 6.45) is 15.8. The number of hydrogen-bond donors (Lipinski definition) is 6. The van der Waals surface area contributed by atoms with Gasteiger partial charge in [0, 0.05) is 6.42 Å². The molecule has 9 nitrogen and oxygen atoms in total. The Morgan fingerprint density at radius 3 is 1.90 bits per heavy atom. The van der Waals surface area contributed by atoms with E-state index in [0.29, 0.717) is 6.42 Å². The van der Waals surface area contributed by atoms with Gasteiger partial charge in [-0.2, -0.15) is 0 Å². The molecule has 0 aromatic rings. The van der Waals surface area contributed by atoms with E-state index < -0.39 is 49.5 Å². The van der Waals surface area contributed by atoms with E-state index in [1.165, 1.54) is 64.2 Å². The third-order valence-electron chi connectivity index (χ3n) is 7.86. The van der Waals surface area contributed by atoms with Crippen LogP contribution < -0.4 is 5.32 Å². The molecule has 1 heterocycles. The molecule has 0 aromatic heterocycles. The lowest BCUT2D eigenvalue weighted by atomic mass is 9.99. The number of nitrogens with one attached hydrogen (secondary N) is 1. The van der Waals surface area contributed by atoms with E-state index in [2.05, 4.69) is 19.2 Å². The van der Waals surface area contributed by atoms with Gasteiger partial charge in [0.25, 0.3) is 0 Å². The molecule has 6 N–H and O–H groups in total. The molecule has 7 unspecified atom stereocenters. The minimum absolute atomic E-state index is 0.186. The number of allylic oxidation sites excluding steroid dienone is 1. The van der Waals surface area contributed by atoms with Crippen molar-refractivity contribution in [2.45, 2.75) is 172 Å². The van der Waals surface area contributed by atoms with Crippen LogP contribution >= 0.6 is 0 Å². The average Bonchev–Trinajstić information content (AvgIpc) is 2.97. The first kappa shape index (κ1) is 38.0. The summed E-state index contributed by atoms with van der Waals surface area (Å²) < 4.78 is 11.0. The molecule has 1 saturated heterocycles. The fourth-order valence-electron chi connectivity index (χ4n) is 5.09. The van der Waals surface area contributed by atoms with Crippen LogP contribution in [0.5, 0.6) is 0 Å². The molecule has 9 heteroatoms. The molecule has 41 heavy (non-hydrogen) atoms. The number of aliphatic hydroxyl groups excluding tert-OH is 5. The van der Waals surface area contributed by atoms with Crippen molar-refractivity contribution in [2.24, 2.45) is 0 Å². The zero-order chi connectivity index (χ0) is 30.3. The van der Waals surface area contributed by atoms with Crippen molar-refractivity contribution in [2.75, 3.05) is 13.2 Å². The second kappa shape index (κ2) is 24.4. The Hall–Kier alpha value is -1.07. The molecule has 242 valence electrons. The third-order valence-corrected chi connectivity index (χ3v) is 7.86. The van der Waals surface area contributed by atoms with Gasteiger partial charge in [-0.15, -0.1) is 0 Å². The summed E-state index contributed by atoms with van der Waals surface area (Å²) in [7, 11) is 0. The van der Waals surface area contributed by atoms with Crippen LogP contribution in [0.4, 0.5) is 0 Å². The van der Waals surface area contributed by atoms with Crippen LogP contribution in [0.15, 0.2) is 12.2 Å². The highest BCUT2D eigenvalue weighted by Crippen LogP contribution is 2.22. The van der Waals surface area contributed by atoms with Crippen LogP contribution in [0.2, 0.25) is 0 Å². The number of unbranched alkanes of at least 4 members (excludes halogenated alkanes) is 15. The van der Waals surface area contributed by atoms with E-state index in [0.717, 1.165) is 44.9 Å². The Balaban J connectivity index is 2.43. The number of carbonyl (C=O) groups excluding carboxylic acids is 1. The first-order valence-electron chi connectivity index (χ1n) is 16.4. The van der Waals surface area contributed by atoms with E-state index in [4.69, 9.17) is 9.47 Å². The quantitative estimate of drug-likeness (QED) is 0.0685. The van der Waals surface area contributed by atoms with Gasteiger partial charge in [-0.1, -0.05) is 116 Å². The second-order valence-electron chi connectivity index (χ2n) is 11.6. The maximum atomic E-state index is 12.7. The molecule has 0 aliphatic carbocycles. The van der Waals surface area contributed by atoms with Gasteiger partial charge in [0.15, 0.2) is 6.29 Å². The summed E-state index contributed by atoms with van der Waals surface area (Å²) in [6, 6.07) is -0.792. The normalized spacial score (nSPS) is 24.5. The lowest BCUT2D eigenvalue weighted by molar-refractivity contribution is -0.302. The summed E-state index contributed by atoms with van der Waals surface area (Å²) in [6.45, 7) is 3.62. The Morgan fingerprint density at radius 1 is 0.805 bits per heavy atom. The molecule has 7 atom stereocenters. The minimum Gasteiger partial charge on any atom is -0.394 e. The van der Waals surface area contributed by atoms with E-state index in [1.54, 1.807) is 6.08 Å². The summed E-state index contributed by atoms with van der Waals surface area (Å²) in [4.78, 5) is 12.7. The zero-order valence-corrected chi connectivity index (χ0v) is 25.8. The lowest BCUT2D eigenvalue weighted by Gasteiger charge is -2.40. The van der Waals surface area contributed by atoms with Gasteiger partial charge in [-0.05, 0) is 19.3 Å². The van der Waals surface area contributed by atoms with Crippen molar-refractivity contribution in [1.82, 2.24) is 5.32 Å². The zero-order valence-electron chi connectivity index (χ0n) is 25.8. The molecule has 0 spiro atoms. The molecular weight excluding hydrogens is 526 g/mol. The van der Waals surface area contributed by atoms with Gasteiger partial charge in [0.1, 0.15) is 24.4 Å². The Labute approximate surface area is 248 Å². The van der Waals surface area contributed by atoms with Gasteiger partial charge in [-0.25, -0.2) is 0 Å². The van der Waals surface area contributed by atoms with Gasteiger partial charge in [0.2, 0.25) is 5.91 Å². The van der Waals surface area contributed by atoms with E-state index in [1.807, 2.05) is 6.08 Å². The summed E-state index contributed by atoms with van der Waals surface area (Å²) >= 11 is 0. The monoisotopic (exact) mass is 587 g/mol. The molecule has 1 aliphatic rings. The Morgan fingerprint density at radius 2 is 1.34 bits per heavy atom. The van der Waals surface area contributed by atoms with Crippen molar-refractivity contribution >= 4 is 5.91 Å². The van der Waals surface area contributed by atoms with Crippen LogP contribution in [0.25, 0.3) is 0 Å². The van der Waals surface area contributed by atoms with E-state index >= 15 is 0 Å². The molecule has 1 aliphatic heterocycles. The van der Waals surface area contributed by atoms with E-state index in [-0.39, 0.29) is 12.5 Å². The Kier molecular flexibility index (Phi) is 22.6. The van der Waals surface area contributed by atoms with Crippen LogP contribution in [-0.4, -0.2) is 87.5 Å². The van der Waals surface area contributed by atoms with Gasteiger partial charge < -0.3 is 40.3 Å². The highest BCUT2D eigenvalue weighted by molar-refractivity contribution is 5.76. The number of rotatable bonds is 25. The third kappa shape index (κ3) is 17.0. The van der Waals surface area contributed by atoms with Crippen molar-refractivity contribution in [3.8, 4) is 0 Å². The van der Waals surface area contributed by atoms with Gasteiger partial charge in [0.05, 0.1) is 25.4 Å². The lowest BCUT2D eigenvalue weighted by Crippen LogP contribution is -2.60. The number of ether oxygens (including phenoxy) is 2. The predicted octanol–water partition coefficient (Wildman–Crippen LogP) is 4.27. The van der Waals surface area contributed by atoms with E-state index in [9.17, 15) is 30.3 Å². The highest BCUT2D eigenvalue weighted by atomic mass is 16.7. The van der Waals surface area contributed by atoms with Crippen LogP contribution in [0, 0.1) is 0 Å². The standard InChI is InChI=1S/C32H61NO8/c1-3-5-7-9-10-11-12-13-14-15-16-18-20-22-28(36)33-25(26(35)21-19-17-8-6-4-2)24-40-32-31(39)30(38)29(37)27(23-34)41-32/h19,21,25-27,29-32,34-35,37-39H,3-18,20,22-24H2,1-2H3,(H,33,36)/b21-19+. The Bertz CT molecular complexity index is 662. The van der Waals surface area contributed by atoms with Crippen molar-refractivity contribution in [1.29, 1.82) is 0 Å². The van der Waals surface area contributed by atoms with Gasteiger partial charge >= 0.3 is 0 Å². The summed E-state index contributed by atoms with van der Waals surface area (Å²) in [5, 5.41) is 53.3. The maximum Gasteiger partial charge on any atom is 0.220 e. The van der Waals surface area contributed by atoms with Crippen LogP contribution in [0.3, 0.4) is 0 Å². The molecule has 1 fully saturated rings. The van der Waals surface area contributed by atoms with Crippen molar-refractivity contribution in [3.63, 3.8) is 0 Å². The fourth-order valence-corrected chi connectivity index (χ4v) is 5.09. The van der Waals surface area contributed by atoms with Crippen LogP contribution in [0.1, 0.15) is 129 Å². The number of carbonyl (C=O) groups is 1. The largest absolute Gasteiger partial charge is 0.394 e. The molecule has 0 radical (unpaired) electrons. The van der Waals surface area contributed by atoms with Crippen molar-refractivity contribution < 1.29 is 39.8 Å². The number of aliphatic hydroxyl groups is 5. The van der Waals surface area contributed by atoms with Crippen LogP contribution in [-0.2, 0) is 14.3 Å².